The van der Waals surface area contributed by atoms with Crippen LogP contribution >= 0.6 is 0 Å². The number of nitrogens with zero attached hydrogens (tertiary/aromatic N) is 2. The fourth-order valence-corrected chi connectivity index (χ4v) is 2.06. The van der Waals surface area contributed by atoms with Crippen molar-refractivity contribution in [2.45, 2.75) is 19.3 Å². The van der Waals surface area contributed by atoms with Crippen LogP contribution in [0.1, 0.15) is 24.8 Å². The summed E-state index contributed by atoms with van der Waals surface area (Å²) >= 11 is 0. The number of nitrogen functional groups attached to an aromatic ring is 1. The molecule has 3 heteroatoms. The van der Waals surface area contributed by atoms with Gasteiger partial charge in [0.2, 0.25) is 0 Å². The maximum absolute atomic E-state index is 8.89. The Kier molecular flexibility index (Phi) is 2.77. The lowest BCUT2D eigenvalue weighted by molar-refractivity contribution is 0.578. The van der Waals surface area contributed by atoms with E-state index in [-0.39, 0.29) is 0 Å². The summed E-state index contributed by atoms with van der Waals surface area (Å²) in [7, 11) is 0. The molecule has 0 spiro atoms. The lowest BCUT2D eigenvalue weighted by Crippen LogP contribution is -2.30. The average Bonchev–Trinajstić information content (AvgIpc) is 2.30. The Labute approximate surface area is 90.1 Å². The van der Waals surface area contributed by atoms with Gasteiger partial charge in [-0.15, -0.1) is 0 Å². The van der Waals surface area contributed by atoms with Crippen LogP contribution in [0.2, 0.25) is 0 Å². The number of piperidine rings is 1. The van der Waals surface area contributed by atoms with Crippen molar-refractivity contribution in [3.05, 3.63) is 23.8 Å². The molecule has 78 valence electrons. The van der Waals surface area contributed by atoms with Crippen molar-refractivity contribution in [3.63, 3.8) is 0 Å². The van der Waals surface area contributed by atoms with Gasteiger partial charge in [0.15, 0.2) is 0 Å². The second-order valence-electron chi connectivity index (χ2n) is 3.90. The summed E-state index contributed by atoms with van der Waals surface area (Å²) in [5.74, 6) is 0. The predicted octanol–water partition coefficient (Wildman–Crippen LogP) is 2.13. The standard InChI is InChI=1S/C12H15N3/c13-9-10-5-4-6-11(12(10)14)15-7-2-1-3-8-15/h4-6H,1-3,7-8,14H2. The number of anilines is 2. The van der Waals surface area contributed by atoms with Crippen LogP contribution in [0.15, 0.2) is 18.2 Å². The molecule has 0 aliphatic carbocycles. The molecule has 0 unspecified atom stereocenters. The Morgan fingerprint density at radius 1 is 1.20 bits per heavy atom. The third-order valence-electron chi connectivity index (χ3n) is 2.90. The van der Waals surface area contributed by atoms with Gasteiger partial charge >= 0.3 is 0 Å². The second kappa shape index (κ2) is 4.22. The molecule has 2 N–H and O–H groups in total. The quantitative estimate of drug-likeness (QED) is 0.708. The lowest BCUT2D eigenvalue weighted by Gasteiger charge is -2.29. The van der Waals surface area contributed by atoms with Crippen LogP contribution in [0.25, 0.3) is 0 Å². The first-order valence-corrected chi connectivity index (χ1v) is 5.36. The van der Waals surface area contributed by atoms with E-state index in [0.717, 1.165) is 18.8 Å². The van der Waals surface area contributed by atoms with E-state index in [1.165, 1.54) is 19.3 Å². The monoisotopic (exact) mass is 201 g/mol. The van der Waals surface area contributed by atoms with E-state index in [9.17, 15) is 0 Å². The molecular formula is C12H15N3. The summed E-state index contributed by atoms with van der Waals surface area (Å²) in [5, 5.41) is 8.89. The van der Waals surface area contributed by atoms with E-state index >= 15 is 0 Å². The van der Waals surface area contributed by atoms with Gasteiger partial charge in [-0.3, -0.25) is 0 Å². The van der Waals surface area contributed by atoms with Crippen molar-refractivity contribution in [2.24, 2.45) is 0 Å². The first kappa shape index (κ1) is 9.85. The summed E-state index contributed by atoms with van der Waals surface area (Å²) in [6.07, 6.45) is 3.74. The molecule has 0 bridgehead atoms. The number of benzene rings is 1. The molecule has 1 heterocycles. The molecule has 2 rings (SSSR count). The molecule has 0 aromatic heterocycles. The van der Waals surface area contributed by atoms with Crippen molar-refractivity contribution < 1.29 is 0 Å². The maximum atomic E-state index is 8.89. The summed E-state index contributed by atoms with van der Waals surface area (Å²) < 4.78 is 0. The molecular weight excluding hydrogens is 186 g/mol. The van der Waals surface area contributed by atoms with Gasteiger partial charge in [0.1, 0.15) is 6.07 Å². The van der Waals surface area contributed by atoms with Gasteiger partial charge in [0.05, 0.1) is 16.9 Å². The van der Waals surface area contributed by atoms with Crippen molar-refractivity contribution in [1.82, 2.24) is 0 Å². The molecule has 15 heavy (non-hydrogen) atoms. The molecule has 1 aromatic carbocycles. The molecule has 1 aromatic rings. The molecule has 0 saturated carbocycles. The molecule has 1 aliphatic heterocycles. The Morgan fingerprint density at radius 3 is 2.60 bits per heavy atom. The normalized spacial score (nSPS) is 16.1. The molecule has 1 aliphatic rings. The van der Waals surface area contributed by atoms with Crippen LogP contribution in [0.4, 0.5) is 11.4 Å². The van der Waals surface area contributed by atoms with E-state index < -0.39 is 0 Å². The number of para-hydroxylation sites is 1. The fourth-order valence-electron chi connectivity index (χ4n) is 2.06. The summed E-state index contributed by atoms with van der Waals surface area (Å²) in [6, 6.07) is 7.79. The lowest BCUT2D eigenvalue weighted by atomic mass is 10.1. The molecule has 1 fully saturated rings. The first-order valence-electron chi connectivity index (χ1n) is 5.36. The number of nitriles is 1. The largest absolute Gasteiger partial charge is 0.396 e. The zero-order chi connectivity index (χ0) is 10.7. The number of hydrogen-bond acceptors (Lipinski definition) is 3. The predicted molar refractivity (Wildman–Crippen MR) is 61.6 cm³/mol. The van der Waals surface area contributed by atoms with Crippen LogP contribution in [-0.4, -0.2) is 13.1 Å². The minimum absolute atomic E-state index is 0.582. The highest BCUT2D eigenvalue weighted by Crippen LogP contribution is 2.28. The average molecular weight is 201 g/mol. The summed E-state index contributed by atoms with van der Waals surface area (Å²) in [5.41, 5.74) is 8.19. The van der Waals surface area contributed by atoms with E-state index in [1.54, 1.807) is 6.07 Å². The first-order chi connectivity index (χ1) is 7.33. The van der Waals surface area contributed by atoms with E-state index in [0.29, 0.717) is 11.3 Å². The van der Waals surface area contributed by atoms with Crippen molar-refractivity contribution in [3.8, 4) is 6.07 Å². The van der Waals surface area contributed by atoms with Gasteiger partial charge in [-0.1, -0.05) is 6.07 Å². The molecule has 0 amide bonds. The number of rotatable bonds is 1. The number of nitrogens with two attached hydrogens (primary N) is 1. The molecule has 0 radical (unpaired) electrons. The summed E-state index contributed by atoms with van der Waals surface area (Å²) in [4.78, 5) is 2.28. The van der Waals surface area contributed by atoms with Crippen LogP contribution in [-0.2, 0) is 0 Å². The Morgan fingerprint density at radius 2 is 1.93 bits per heavy atom. The minimum atomic E-state index is 0.582. The third-order valence-corrected chi connectivity index (χ3v) is 2.90. The Bertz CT molecular complexity index is 386. The van der Waals surface area contributed by atoms with E-state index in [2.05, 4.69) is 11.0 Å². The second-order valence-corrected chi connectivity index (χ2v) is 3.90. The highest BCUT2D eigenvalue weighted by Gasteiger charge is 2.14. The molecule has 3 nitrogen and oxygen atoms in total. The third kappa shape index (κ3) is 1.89. The highest BCUT2D eigenvalue weighted by atomic mass is 15.1. The zero-order valence-electron chi connectivity index (χ0n) is 8.74. The van der Waals surface area contributed by atoms with E-state index in [4.69, 9.17) is 11.0 Å². The van der Waals surface area contributed by atoms with Gasteiger partial charge in [-0.05, 0) is 31.4 Å². The smallest absolute Gasteiger partial charge is 0.101 e. The van der Waals surface area contributed by atoms with Gasteiger partial charge < -0.3 is 10.6 Å². The maximum Gasteiger partial charge on any atom is 0.101 e. The Balaban J connectivity index is 2.31. The van der Waals surface area contributed by atoms with E-state index in [1.807, 2.05) is 12.1 Å². The van der Waals surface area contributed by atoms with Crippen molar-refractivity contribution >= 4 is 11.4 Å². The van der Waals surface area contributed by atoms with Crippen molar-refractivity contribution in [1.29, 1.82) is 5.26 Å². The highest BCUT2D eigenvalue weighted by molar-refractivity contribution is 5.74. The van der Waals surface area contributed by atoms with Crippen LogP contribution in [0, 0.1) is 11.3 Å². The SMILES string of the molecule is N#Cc1cccc(N2CCCCC2)c1N. The topological polar surface area (TPSA) is 53.0 Å². The molecule has 0 atom stereocenters. The fraction of sp³-hybridized carbons (Fsp3) is 0.417. The van der Waals surface area contributed by atoms with Crippen LogP contribution in [0.3, 0.4) is 0 Å². The van der Waals surface area contributed by atoms with Crippen LogP contribution in [0.5, 0.6) is 0 Å². The zero-order valence-corrected chi connectivity index (χ0v) is 8.74. The van der Waals surface area contributed by atoms with Gasteiger partial charge in [0, 0.05) is 13.1 Å². The number of hydrogen-bond donors (Lipinski definition) is 1. The summed E-state index contributed by atoms with van der Waals surface area (Å²) in [6.45, 7) is 2.11. The van der Waals surface area contributed by atoms with Gasteiger partial charge in [-0.2, -0.15) is 5.26 Å². The Hall–Kier alpha value is -1.69. The molecule has 1 saturated heterocycles. The van der Waals surface area contributed by atoms with Gasteiger partial charge in [0.25, 0.3) is 0 Å². The van der Waals surface area contributed by atoms with Crippen LogP contribution < -0.4 is 10.6 Å². The minimum Gasteiger partial charge on any atom is -0.396 e. The van der Waals surface area contributed by atoms with Crippen molar-refractivity contribution in [2.75, 3.05) is 23.7 Å². The van der Waals surface area contributed by atoms with Gasteiger partial charge in [-0.25, -0.2) is 0 Å².